The number of rotatable bonds is 7. The second-order valence-electron chi connectivity index (χ2n) is 6.11. The largest absolute Gasteiger partial charge is 0.383 e. The van der Waals surface area contributed by atoms with Crippen LogP contribution in [0.15, 0.2) is 0 Å². The van der Waals surface area contributed by atoms with Gasteiger partial charge >= 0.3 is 0 Å². The number of primary amides is 1. The van der Waals surface area contributed by atoms with E-state index in [4.69, 9.17) is 10.5 Å². The molecule has 0 aromatic heterocycles. The number of nitrogens with two attached hydrogens (primary N) is 1. The summed E-state index contributed by atoms with van der Waals surface area (Å²) in [7, 11) is 3.81. The lowest BCUT2D eigenvalue weighted by atomic mass is 9.95. The van der Waals surface area contributed by atoms with Crippen molar-refractivity contribution < 1.29 is 9.53 Å². The van der Waals surface area contributed by atoms with Gasteiger partial charge in [0.15, 0.2) is 0 Å². The third-order valence-electron chi connectivity index (χ3n) is 4.20. The van der Waals surface area contributed by atoms with Crippen LogP contribution in [-0.2, 0) is 9.53 Å². The Labute approximate surface area is 116 Å². The number of nitrogens with zero attached hydrogens (tertiary/aromatic N) is 1. The van der Waals surface area contributed by atoms with Crippen LogP contribution in [0.1, 0.15) is 40.0 Å². The van der Waals surface area contributed by atoms with Gasteiger partial charge in [-0.25, -0.2) is 0 Å². The number of amides is 1. The van der Waals surface area contributed by atoms with Crippen LogP contribution in [0, 0.1) is 0 Å². The molecule has 0 radical (unpaired) electrons. The molecule has 1 rings (SSSR count). The van der Waals surface area contributed by atoms with Gasteiger partial charge in [0.05, 0.1) is 12.1 Å². The molecule has 0 aromatic rings. The molecule has 1 aliphatic rings. The predicted octanol–water partition coefficient (Wildman–Crippen LogP) is 0.728. The summed E-state index contributed by atoms with van der Waals surface area (Å²) >= 11 is 0. The van der Waals surface area contributed by atoms with Crippen molar-refractivity contribution >= 4 is 5.91 Å². The Morgan fingerprint density at radius 1 is 1.53 bits per heavy atom. The van der Waals surface area contributed by atoms with Crippen molar-refractivity contribution in [2.75, 3.05) is 20.8 Å². The summed E-state index contributed by atoms with van der Waals surface area (Å²) in [6.45, 7) is 6.95. The maximum atomic E-state index is 11.8. The Hall–Kier alpha value is -0.650. The summed E-state index contributed by atoms with van der Waals surface area (Å²) in [5, 5.41) is 3.38. The second kappa shape index (κ2) is 6.68. The summed E-state index contributed by atoms with van der Waals surface area (Å²) in [5.74, 6) is -0.225. The first kappa shape index (κ1) is 16.4. The lowest BCUT2D eigenvalue weighted by Crippen LogP contribution is -2.57. The SMILES string of the molecule is COCC(C)N(C)C1CCC(NC(C)C)(C(N)=O)C1. The average molecular weight is 271 g/mol. The maximum Gasteiger partial charge on any atom is 0.237 e. The van der Waals surface area contributed by atoms with Gasteiger partial charge in [0.2, 0.25) is 5.91 Å². The molecule has 5 nitrogen and oxygen atoms in total. The van der Waals surface area contributed by atoms with Gasteiger partial charge in [0.1, 0.15) is 0 Å². The predicted molar refractivity (Wildman–Crippen MR) is 76.9 cm³/mol. The summed E-state index contributed by atoms with van der Waals surface area (Å²) in [6.07, 6.45) is 2.59. The molecule has 3 unspecified atom stereocenters. The van der Waals surface area contributed by atoms with Gasteiger partial charge in [-0.1, -0.05) is 0 Å². The van der Waals surface area contributed by atoms with Crippen molar-refractivity contribution in [3.8, 4) is 0 Å². The van der Waals surface area contributed by atoms with Crippen molar-refractivity contribution in [2.45, 2.75) is 63.7 Å². The van der Waals surface area contributed by atoms with Crippen LogP contribution < -0.4 is 11.1 Å². The number of hydrogen-bond acceptors (Lipinski definition) is 4. The van der Waals surface area contributed by atoms with Gasteiger partial charge in [-0.2, -0.15) is 0 Å². The van der Waals surface area contributed by atoms with Crippen LogP contribution in [0.5, 0.6) is 0 Å². The number of hydrogen-bond donors (Lipinski definition) is 2. The van der Waals surface area contributed by atoms with Gasteiger partial charge in [-0.05, 0) is 47.1 Å². The van der Waals surface area contributed by atoms with Crippen LogP contribution in [0.4, 0.5) is 0 Å². The molecule has 1 saturated carbocycles. The van der Waals surface area contributed by atoms with Gasteiger partial charge in [-0.3, -0.25) is 9.69 Å². The molecule has 1 fully saturated rings. The number of carbonyl (C=O) groups excluding carboxylic acids is 1. The Morgan fingerprint density at radius 2 is 2.16 bits per heavy atom. The third kappa shape index (κ3) is 3.91. The molecule has 0 heterocycles. The van der Waals surface area contributed by atoms with Gasteiger partial charge in [0.25, 0.3) is 0 Å². The van der Waals surface area contributed by atoms with E-state index in [0.29, 0.717) is 18.7 Å². The molecule has 3 N–H and O–H groups in total. The van der Waals surface area contributed by atoms with Crippen LogP contribution in [-0.4, -0.2) is 55.2 Å². The highest BCUT2D eigenvalue weighted by molar-refractivity contribution is 5.85. The fourth-order valence-electron chi connectivity index (χ4n) is 3.06. The van der Waals surface area contributed by atoms with Gasteiger partial charge < -0.3 is 15.8 Å². The highest BCUT2D eigenvalue weighted by atomic mass is 16.5. The number of ether oxygens (including phenoxy) is 1. The van der Waals surface area contributed by atoms with Gasteiger partial charge in [0, 0.05) is 25.2 Å². The maximum absolute atomic E-state index is 11.8. The van der Waals surface area contributed by atoms with Crippen LogP contribution >= 0.6 is 0 Å². The van der Waals surface area contributed by atoms with E-state index in [1.165, 1.54) is 0 Å². The minimum absolute atomic E-state index is 0.225. The van der Waals surface area contributed by atoms with E-state index in [-0.39, 0.29) is 11.9 Å². The summed E-state index contributed by atoms with van der Waals surface area (Å²) < 4.78 is 5.20. The fourth-order valence-corrected chi connectivity index (χ4v) is 3.06. The van der Waals surface area contributed by atoms with Crippen LogP contribution in [0.3, 0.4) is 0 Å². The van der Waals surface area contributed by atoms with E-state index in [1.54, 1.807) is 7.11 Å². The summed E-state index contributed by atoms with van der Waals surface area (Å²) in [6, 6.07) is 0.981. The van der Waals surface area contributed by atoms with E-state index < -0.39 is 5.54 Å². The Kier molecular flexibility index (Phi) is 5.77. The monoisotopic (exact) mass is 271 g/mol. The van der Waals surface area contributed by atoms with E-state index in [0.717, 1.165) is 19.3 Å². The number of nitrogens with one attached hydrogen (secondary N) is 1. The molecule has 0 aliphatic heterocycles. The van der Waals surface area contributed by atoms with E-state index >= 15 is 0 Å². The second-order valence-corrected chi connectivity index (χ2v) is 6.11. The molecule has 1 aliphatic carbocycles. The molecule has 0 aromatic carbocycles. The van der Waals surface area contributed by atoms with Crippen molar-refractivity contribution in [3.63, 3.8) is 0 Å². The molecule has 19 heavy (non-hydrogen) atoms. The molecule has 0 bridgehead atoms. The van der Waals surface area contributed by atoms with Crippen molar-refractivity contribution in [1.82, 2.24) is 10.2 Å². The molecule has 1 amide bonds. The van der Waals surface area contributed by atoms with Crippen molar-refractivity contribution in [3.05, 3.63) is 0 Å². The third-order valence-corrected chi connectivity index (χ3v) is 4.20. The zero-order valence-corrected chi connectivity index (χ0v) is 12.9. The minimum Gasteiger partial charge on any atom is -0.383 e. The molecular formula is C14H29N3O2. The first-order valence-corrected chi connectivity index (χ1v) is 7.11. The Bertz CT molecular complexity index is 309. The first-order chi connectivity index (χ1) is 8.82. The fraction of sp³-hybridized carbons (Fsp3) is 0.929. The van der Waals surface area contributed by atoms with E-state index in [2.05, 4.69) is 38.0 Å². The Morgan fingerprint density at radius 3 is 2.63 bits per heavy atom. The van der Waals surface area contributed by atoms with E-state index in [1.807, 2.05) is 0 Å². The lowest BCUT2D eigenvalue weighted by Gasteiger charge is -2.33. The quantitative estimate of drug-likeness (QED) is 0.716. The molecule has 5 heteroatoms. The molecule has 3 atom stereocenters. The van der Waals surface area contributed by atoms with Crippen LogP contribution in [0.25, 0.3) is 0 Å². The standard InChI is InChI=1S/C14H29N3O2/c1-10(2)16-14(13(15)18)7-6-12(8-14)17(4)11(3)9-19-5/h10-12,16H,6-9H2,1-5H3,(H2,15,18). The summed E-state index contributed by atoms with van der Waals surface area (Å²) in [4.78, 5) is 14.1. The number of likely N-dealkylation sites (N-methyl/N-ethyl adjacent to an activating group) is 1. The Balaban J connectivity index is 2.70. The van der Waals surface area contributed by atoms with E-state index in [9.17, 15) is 4.79 Å². The highest BCUT2D eigenvalue weighted by Crippen LogP contribution is 2.33. The van der Waals surface area contributed by atoms with Gasteiger partial charge in [-0.15, -0.1) is 0 Å². The number of carbonyl (C=O) groups is 1. The minimum atomic E-state index is -0.542. The number of methoxy groups -OCH3 is 1. The average Bonchev–Trinajstić information content (AvgIpc) is 2.73. The first-order valence-electron chi connectivity index (χ1n) is 7.11. The molecule has 112 valence electrons. The van der Waals surface area contributed by atoms with Crippen molar-refractivity contribution in [1.29, 1.82) is 0 Å². The van der Waals surface area contributed by atoms with Crippen molar-refractivity contribution in [2.24, 2.45) is 5.73 Å². The molecule has 0 saturated heterocycles. The smallest absolute Gasteiger partial charge is 0.237 e. The highest BCUT2D eigenvalue weighted by Gasteiger charge is 2.45. The molecule has 0 spiro atoms. The normalized spacial score (nSPS) is 29.1. The molecular weight excluding hydrogens is 242 g/mol. The van der Waals surface area contributed by atoms with Crippen LogP contribution in [0.2, 0.25) is 0 Å². The zero-order valence-electron chi connectivity index (χ0n) is 12.9. The summed E-state index contributed by atoms with van der Waals surface area (Å²) in [5.41, 5.74) is 5.09. The topological polar surface area (TPSA) is 67.6 Å². The zero-order chi connectivity index (χ0) is 14.6. The lowest BCUT2D eigenvalue weighted by molar-refractivity contribution is -0.124.